The number of anilines is 2. The third kappa shape index (κ3) is 1.45. The van der Waals surface area contributed by atoms with Crippen molar-refractivity contribution in [1.82, 2.24) is 9.78 Å². The van der Waals surface area contributed by atoms with Crippen molar-refractivity contribution in [3.8, 4) is 0 Å². The minimum Gasteiger partial charge on any atom is -0.380 e. The Balaban J connectivity index is 2.06. The van der Waals surface area contributed by atoms with Gasteiger partial charge in [0, 0.05) is 27.1 Å². The molecule has 1 amide bonds. The Morgan fingerprint density at radius 2 is 2.33 bits per heavy atom. The van der Waals surface area contributed by atoms with E-state index in [2.05, 4.69) is 15.3 Å². The minimum atomic E-state index is -0.123. The molecule has 2 atom stereocenters. The van der Waals surface area contributed by atoms with E-state index in [1.54, 1.807) is 7.11 Å². The molecule has 0 bridgehead atoms. The van der Waals surface area contributed by atoms with Gasteiger partial charge in [0.05, 0.1) is 11.8 Å². The summed E-state index contributed by atoms with van der Waals surface area (Å²) in [6.45, 7) is 2.80. The lowest BCUT2D eigenvalue weighted by Crippen LogP contribution is -2.44. The fourth-order valence-corrected chi connectivity index (χ4v) is 2.93. The molecule has 1 aromatic rings. The van der Waals surface area contributed by atoms with Gasteiger partial charge in [-0.25, -0.2) is 0 Å². The number of nitrogens with zero attached hydrogens (tertiary/aromatic N) is 3. The summed E-state index contributed by atoms with van der Waals surface area (Å²) in [5, 5.41) is 7.47. The van der Waals surface area contributed by atoms with Crippen LogP contribution in [-0.2, 0) is 23.0 Å². The van der Waals surface area contributed by atoms with Crippen LogP contribution >= 0.6 is 0 Å². The van der Waals surface area contributed by atoms with E-state index in [1.165, 1.54) is 0 Å². The zero-order valence-electron chi connectivity index (χ0n) is 10.9. The molecule has 98 valence electrons. The van der Waals surface area contributed by atoms with E-state index in [4.69, 9.17) is 4.74 Å². The van der Waals surface area contributed by atoms with Gasteiger partial charge in [0.1, 0.15) is 11.7 Å². The van der Waals surface area contributed by atoms with E-state index < -0.39 is 0 Å². The SMILES string of the molecule is CCc1nn(C)c2c1NC(=O)C1CC(OC)CN21. The van der Waals surface area contributed by atoms with Crippen molar-refractivity contribution in [1.29, 1.82) is 0 Å². The Hall–Kier alpha value is -1.56. The van der Waals surface area contributed by atoms with Gasteiger partial charge in [-0.2, -0.15) is 5.10 Å². The topological polar surface area (TPSA) is 59.4 Å². The smallest absolute Gasteiger partial charge is 0.247 e. The summed E-state index contributed by atoms with van der Waals surface area (Å²) in [7, 11) is 3.62. The number of methoxy groups -OCH3 is 1. The van der Waals surface area contributed by atoms with Crippen LogP contribution in [0.25, 0.3) is 0 Å². The summed E-state index contributed by atoms with van der Waals surface area (Å²) in [6.07, 6.45) is 1.68. The zero-order valence-corrected chi connectivity index (χ0v) is 10.9. The first-order valence-electron chi connectivity index (χ1n) is 6.31. The van der Waals surface area contributed by atoms with Crippen LogP contribution in [0.1, 0.15) is 19.0 Å². The minimum absolute atomic E-state index is 0.0600. The van der Waals surface area contributed by atoms with Gasteiger partial charge >= 0.3 is 0 Å². The van der Waals surface area contributed by atoms with Crippen LogP contribution in [0.15, 0.2) is 0 Å². The highest BCUT2D eigenvalue weighted by Gasteiger charge is 2.43. The van der Waals surface area contributed by atoms with E-state index in [1.807, 2.05) is 18.7 Å². The van der Waals surface area contributed by atoms with Crippen molar-refractivity contribution < 1.29 is 9.53 Å². The molecule has 1 N–H and O–H groups in total. The highest BCUT2D eigenvalue weighted by Crippen LogP contribution is 2.39. The largest absolute Gasteiger partial charge is 0.380 e. The van der Waals surface area contributed by atoms with Crippen LogP contribution in [-0.4, -0.2) is 41.5 Å². The quantitative estimate of drug-likeness (QED) is 0.831. The van der Waals surface area contributed by atoms with Gasteiger partial charge in [-0.1, -0.05) is 6.92 Å². The van der Waals surface area contributed by atoms with Gasteiger partial charge in [-0.05, 0) is 6.42 Å². The summed E-state index contributed by atoms with van der Waals surface area (Å²) in [6, 6.07) is -0.123. The molecule has 1 aromatic heterocycles. The highest BCUT2D eigenvalue weighted by atomic mass is 16.5. The van der Waals surface area contributed by atoms with Crippen molar-refractivity contribution in [2.24, 2.45) is 7.05 Å². The van der Waals surface area contributed by atoms with E-state index in [9.17, 15) is 4.79 Å². The van der Waals surface area contributed by atoms with Crippen molar-refractivity contribution >= 4 is 17.4 Å². The maximum absolute atomic E-state index is 12.1. The van der Waals surface area contributed by atoms with Crippen LogP contribution in [0.5, 0.6) is 0 Å². The first kappa shape index (κ1) is 11.5. The summed E-state index contributed by atoms with van der Waals surface area (Å²) >= 11 is 0. The van der Waals surface area contributed by atoms with Crippen molar-refractivity contribution in [2.45, 2.75) is 31.9 Å². The molecule has 6 nitrogen and oxygen atoms in total. The first-order chi connectivity index (χ1) is 8.65. The molecule has 18 heavy (non-hydrogen) atoms. The van der Waals surface area contributed by atoms with Gasteiger partial charge in [-0.3, -0.25) is 9.48 Å². The second-order valence-electron chi connectivity index (χ2n) is 4.87. The molecule has 0 saturated carbocycles. The van der Waals surface area contributed by atoms with Crippen LogP contribution in [0, 0.1) is 0 Å². The van der Waals surface area contributed by atoms with Gasteiger partial charge in [0.2, 0.25) is 5.91 Å². The van der Waals surface area contributed by atoms with Gasteiger partial charge in [-0.15, -0.1) is 0 Å². The van der Waals surface area contributed by atoms with Crippen LogP contribution in [0.3, 0.4) is 0 Å². The Kier molecular flexibility index (Phi) is 2.55. The first-order valence-corrected chi connectivity index (χ1v) is 6.31. The lowest BCUT2D eigenvalue weighted by molar-refractivity contribution is -0.117. The van der Waals surface area contributed by atoms with E-state index in [0.717, 1.165) is 36.6 Å². The highest BCUT2D eigenvalue weighted by molar-refractivity contribution is 6.04. The van der Waals surface area contributed by atoms with Crippen LogP contribution in [0.2, 0.25) is 0 Å². The number of ether oxygens (including phenoxy) is 1. The fourth-order valence-electron chi connectivity index (χ4n) is 2.93. The van der Waals surface area contributed by atoms with Crippen LogP contribution < -0.4 is 10.2 Å². The van der Waals surface area contributed by atoms with Gasteiger partial charge < -0.3 is 15.0 Å². The molecule has 2 unspecified atom stereocenters. The normalized spacial score (nSPS) is 25.9. The van der Waals surface area contributed by atoms with Crippen molar-refractivity contribution in [2.75, 3.05) is 23.9 Å². The molecule has 3 heterocycles. The van der Waals surface area contributed by atoms with Crippen molar-refractivity contribution in [3.05, 3.63) is 5.69 Å². The predicted molar refractivity (Wildman–Crippen MR) is 67.8 cm³/mol. The molecule has 3 rings (SSSR count). The monoisotopic (exact) mass is 250 g/mol. The number of carbonyl (C=O) groups excluding carboxylic acids is 1. The molecule has 6 heteroatoms. The molecule has 0 spiro atoms. The summed E-state index contributed by atoms with van der Waals surface area (Å²) < 4.78 is 7.25. The number of nitrogens with one attached hydrogen (secondary N) is 1. The number of carbonyl (C=O) groups is 1. The third-order valence-corrected chi connectivity index (χ3v) is 3.84. The fraction of sp³-hybridized carbons (Fsp3) is 0.667. The molecule has 1 fully saturated rings. The number of fused-ring (bicyclic) bond motifs is 3. The Bertz CT molecular complexity index is 497. The molecule has 1 saturated heterocycles. The summed E-state index contributed by atoms with van der Waals surface area (Å²) in [5.74, 6) is 1.07. The van der Waals surface area contributed by atoms with Crippen molar-refractivity contribution in [3.63, 3.8) is 0 Å². The number of hydrogen-bond acceptors (Lipinski definition) is 4. The number of hydrogen-bond donors (Lipinski definition) is 1. The van der Waals surface area contributed by atoms with Gasteiger partial charge in [0.15, 0.2) is 5.82 Å². The number of rotatable bonds is 2. The zero-order chi connectivity index (χ0) is 12.9. The Morgan fingerprint density at radius 1 is 1.56 bits per heavy atom. The average molecular weight is 250 g/mol. The summed E-state index contributed by atoms with van der Waals surface area (Å²) in [4.78, 5) is 14.3. The predicted octanol–water partition coefficient (Wildman–Crippen LogP) is 0.528. The second kappa shape index (κ2) is 3.98. The van der Waals surface area contributed by atoms with E-state index >= 15 is 0 Å². The van der Waals surface area contributed by atoms with E-state index in [0.29, 0.717) is 0 Å². The third-order valence-electron chi connectivity index (χ3n) is 3.84. The molecule has 0 radical (unpaired) electrons. The second-order valence-corrected chi connectivity index (χ2v) is 4.87. The number of aromatic nitrogens is 2. The number of aryl methyl sites for hydroxylation is 2. The molecular weight excluding hydrogens is 232 g/mol. The Labute approximate surface area is 106 Å². The molecule has 0 aromatic carbocycles. The number of amides is 1. The molecule has 0 aliphatic carbocycles. The molecule has 2 aliphatic rings. The standard InChI is InChI=1S/C12H18N4O2/c1-4-8-10-12(15(2)14-8)16-6-7(18-3)5-9(16)11(17)13-10/h7,9H,4-6H2,1-3H3,(H,13,17). The maximum atomic E-state index is 12.1. The Morgan fingerprint density at radius 3 is 3.00 bits per heavy atom. The summed E-state index contributed by atoms with van der Waals surface area (Å²) in [5.41, 5.74) is 1.82. The van der Waals surface area contributed by atoms with E-state index in [-0.39, 0.29) is 18.1 Å². The van der Waals surface area contributed by atoms with Gasteiger partial charge in [0.25, 0.3) is 0 Å². The maximum Gasteiger partial charge on any atom is 0.247 e. The lowest BCUT2D eigenvalue weighted by atomic mass is 10.1. The average Bonchev–Trinajstić information content (AvgIpc) is 2.91. The molecular formula is C12H18N4O2. The molecule has 2 aliphatic heterocycles. The van der Waals surface area contributed by atoms with Crippen LogP contribution in [0.4, 0.5) is 11.5 Å². The lowest BCUT2D eigenvalue weighted by Gasteiger charge is -2.31.